The van der Waals surface area contributed by atoms with E-state index in [2.05, 4.69) is 47.0 Å². The van der Waals surface area contributed by atoms with Gasteiger partial charge < -0.3 is 29.6 Å². The zero-order valence-electron chi connectivity index (χ0n) is 26.8. The third-order valence-electron chi connectivity index (χ3n) is 9.21. The van der Waals surface area contributed by atoms with Crippen molar-refractivity contribution in [1.82, 2.24) is 19.4 Å². The van der Waals surface area contributed by atoms with Crippen molar-refractivity contribution in [3.8, 4) is 11.1 Å². The molecule has 46 heavy (non-hydrogen) atoms. The van der Waals surface area contributed by atoms with Crippen molar-refractivity contribution < 1.29 is 19.1 Å². The monoisotopic (exact) mass is 623 g/mol. The fraction of sp³-hybridized carbons (Fsp3) is 0.432. The van der Waals surface area contributed by atoms with Crippen LogP contribution in [0.5, 0.6) is 0 Å². The molecule has 0 radical (unpaired) electrons. The standard InChI is InChI=1S/C37H45N5O4/c1-45-21-5-18-42-34-8-3-2-7-33(34)39-36(42)31-6-4-17-41(26-31)35(43)25-32(38)24-27-9-11-28(12-10-27)29-13-15-30(16-14-29)37(44)40-19-22-46-23-20-40/h2-3,7-16,31-32H,4-6,17-26,38H2,1H3/t31-,32-/m1/s1. The lowest BCUT2D eigenvalue weighted by Gasteiger charge is -2.33. The van der Waals surface area contributed by atoms with Gasteiger partial charge in [0.1, 0.15) is 5.82 Å². The molecule has 4 aromatic rings. The Morgan fingerprint density at radius 2 is 1.67 bits per heavy atom. The first-order chi connectivity index (χ1) is 22.5. The van der Waals surface area contributed by atoms with E-state index in [4.69, 9.17) is 20.2 Å². The van der Waals surface area contributed by atoms with Crippen LogP contribution in [0.15, 0.2) is 72.8 Å². The number of ether oxygens (including phenoxy) is 2. The normalized spacial score (nSPS) is 17.7. The Labute approximate surface area is 271 Å². The number of aryl methyl sites for hydroxylation is 1. The molecule has 2 atom stereocenters. The number of aromatic nitrogens is 2. The highest BCUT2D eigenvalue weighted by molar-refractivity contribution is 5.94. The SMILES string of the molecule is COCCCn1c([C@@H]2CCCN(C(=O)C[C@H](N)Cc3ccc(-c4ccc(C(=O)N5CCOCC5)cc4)cc3)C2)nc2ccccc21. The maximum Gasteiger partial charge on any atom is 0.254 e. The largest absolute Gasteiger partial charge is 0.385 e. The molecule has 0 unspecified atom stereocenters. The number of carbonyl (C=O) groups is 2. The number of amides is 2. The topological polar surface area (TPSA) is 103 Å². The molecular weight excluding hydrogens is 578 g/mol. The molecule has 9 heteroatoms. The minimum atomic E-state index is -0.261. The first kappa shape index (κ1) is 31.9. The van der Waals surface area contributed by atoms with Crippen LogP contribution >= 0.6 is 0 Å². The van der Waals surface area contributed by atoms with Crippen LogP contribution in [0.4, 0.5) is 0 Å². The fourth-order valence-corrected chi connectivity index (χ4v) is 6.74. The van der Waals surface area contributed by atoms with Gasteiger partial charge >= 0.3 is 0 Å². The minimum Gasteiger partial charge on any atom is -0.385 e. The van der Waals surface area contributed by atoms with Gasteiger partial charge in [-0.3, -0.25) is 9.59 Å². The summed E-state index contributed by atoms with van der Waals surface area (Å²) < 4.78 is 13.0. The number of piperidine rings is 1. The maximum absolute atomic E-state index is 13.4. The van der Waals surface area contributed by atoms with Gasteiger partial charge in [-0.1, -0.05) is 48.5 Å². The van der Waals surface area contributed by atoms with Gasteiger partial charge in [-0.05, 0) is 66.6 Å². The summed E-state index contributed by atoms with van der Waals surface area (Å²) in [4.78, 5) is 35.1. The number of nitrogens with zero attached hydrogens (tertiary/aromatic N) is 4. The average molecular weight is 624 g/mol. The van der Waals surface area contributed by atoms with Crippen molar-refractivity contribution in [3.63, 3.8) is 0 Å². The van der Waals surface area contributed by atoms with Crippen LogP contribution in [-0.2, 0) is 27.2 Å². The summed E-state index contributed by atoms with van der Waals surface area (Å²) in [7, 11) is 1.73. The zero-order chi connectivity index (χ0) is 31.9. The van der Waals surface area contributed by atoms with E-state index in [-0.39, 0.29) is 23.8 Å². The average Bonchev–Trinajstić information content (AvgIpc) is 3.47. The second-order valence-corrected chi connectivity index (χ2v) is 12.5. The Hall–Kier alpha value is -4.05. The number of likely N-dealkylation sites (tertiary alicyclic amines) is 1. The number of nitrogens with two attached hydrogens (primary N) is 1. The van der Waals surface area contributed by atoms with E-state index in [0.29, 0.717) is 57.9 Å². The number of hydrogen-bond donors (Lipinski definition) is 1. The lowest BCUT2D eigenvalue weighted by Crippen LogP contribution is -2.42. The number of benzene rings is 3. The quantitative estimate of drug-likeness (QED) is 0.239. The van der Waals surface area contributed by atoms with Crippen molar-refractivity contribution in [3.05, 3.63) is 89.7 Å². The smallest absolute Gasteiger partial charge is 0.254 e. The third kappa shape index (κ3) is 7.49. The maximum atomic E-state index is 13.4. The second-order valence-electron chi connectivity index (χ2n) is 12.5. The number of hydrogen-bond acceptors (Lipinski definition) is 6. The Balaban J connectivity index is 1.03. The van der Waals surface area contributed by atoms with Crippen molar-refractivity contribution in [2.45, 2.75) is 50.6 Å². The van der Waals surface area contributed by atoms with Crippen molar-refractivity contribution in [2.24, 2.45) is 5.73 Å². The van der Waals surface area contributed by atoms with Crippen molar-refractivity contribution in [1.29, 1.82) is 0 Å². The third-order valence-corrected chi connectivity index (χ3v) is 9.21. The number of imidazole rings is 1. The molecule has 3 heterocycles. The van der Waals surface area contributed by atoms with Gasteiger partial charge in [0.05, 0.1) is 24.2 Å². The Kier molecular flexibility index (Phi) is 10.4. The molecule has 1 aromatic heterocycles. The van der Waals surface area contributed by atoms with E-state index >= 15 is 0 Å². The molecule has 0 saturated carbocycles. The molecule has 2 aliphatic heterocycles. The summed E-state index contributed by atoms with van der Waals surface area (Å²) in [6.45, 7) is 5.43. The highest BCUT2D eigenvalue weighted by atomic mass is 16.5. The summed E-state index contributed by atoms with van der Waals surface area (Å²) in [5, 5.41) is 0. The van der Waals surface area contributed by atoms with Crippen molar-refractivity contribution in [2.75, 3.05) is 53.1 Å². The van der Waals surface area contributed by atoms with Crippen LogP contribution < -0.4 is 5.73 Å². The number of fused-ring (bicyclic) bond motifs is 1. The Morgan fingerprint density at radius 3 is 2.41 bits per heavy atom. The first-order valence-corrected chi connectivity index (χ1v) is 16.5. The van der Waals surface area contributed by atoms with E-state index in [1.54, 1.807) is 7.11 Å². The Bertz CT molecular complexity index is 1610. The predicted molar refractivity (Wildman–Crippen MR) is 180 cm³/mol. The second kappa shape index (κ2) is 15.0. The summed E-state index contributed by atoms with van der Waals surface area (Å²) in [6, 6.07) is 24.1. The van der Waals surface area contributed by atoms with E-state index in [1.165, 1.54) is 0 Å². The van der Waals surface area contributed by atoms with Gasteiger partial charge in [0.15, 0.2) is 0 Å². The molecule has 6 rings (SSSR count). The fourth-order valence-electron chi connectivity index (χ4n) is 6.74. The molecule has 0 bridgehead atoms. The predicted octanol–water partition coefficient (Wildman–Crippen LogP) is 4.88. The van der Waals surface area contributed by atoms with E-state index in [9.17, 15) is 9.59 Å². The molecule has 2 N–H and O–H groups in total. The molecule has 9 nitrogen and oxygen atoms in total. The molecule has 2 aliphatic rings. The van der Waals surface area contributed by atoms with Crippen LogP contribution in [0, 0.1) is 0 Å². The van der Waals surface area contributed by atoms with Gasteiger partial charge in [0, 0.05) is 70.4 Å². The van der Waals surface area contributed by atoms with E-state index in [1.807, 2.05) is 40.1 Å². The molecule has 0 aliphatic carbocycles. The lowest BCUT2D eigenvalue weighted by atomic mass is 9.95. The van der Waals surface area contributed by atoms with Gasteiger partial charge in [-0.15, -0.1) is 0 Å². The van der Waals surface area contributed by atoms with Crippen LogP contribution in [-0.4, -0.2) is 90.3 Å². The van der Waals surface area contributed by atoms with Crippen LogP contribution in [0.2, 0.25) is 0 Å². The van der Waals surface area contributed by atoms with Gasteiger partial charge in [0.2, 0.25) is 5.91 Å². The number of carbonyl (C=O) groups excluding carboxylic acids is 2. The molecule has 2 fully saturated rings. The summed E-state index contributed by atoms with van der Waals surface area (Å²) in [5.41, 5.74) is 12.6. The Morgan fingerprint density at radius 1 is 0.957 bits per heavy atom. The van der Waals surface area contributed by atoms with Gasteiger partial charge in [0.25, 0.3) is 5.91 Å². The summed E-state index contributed by atoms with van der Waals surface area (Å²) in [5.74, 6) is 1.43. The molecule has 0 spiro atoms. The minimum absolute atomic E-state index is 0.0478. The highest BCUT2D eigenvalue weighted by Gasteiger charge is 2.29. The number of rotatable bonds is 11. The van der Waals surface area contributed by atoms with Gasteiger partial charge in [-0.2, -0.15) is 0 Å². The van der Waals surface area contributed by atoms with Crippen LogP contribution in [0.1, 0.15) is 53.3 Å². The first-order valence-electron chi connectivity index (χ1n) is 16.5. The summed E-state index contributed by atoms with van der Waals surface area (Å²) >= 11 is 0. The molecular formula is C37H45N5O4. The number of para-hydroxylation sites is 2. The molecule has 3 aromatic carbocycles. The van der Waals surface area contributed by atoms with Crippen molar-refractivity contribution >= 4 is 22.8 Å². The number of methoxy groups -OCH3 is 1. The van der Waals surface area contributed by atoms with Crippen LogP contribution in [0.3, 0.4) is 0 Å². The van der Waals surface area contributed by atoms with Gasteiger partial charge in [-0.25, -0.2) is 4.98 Å². The molecule has 2 amide bonds. The molecule has 2 saturated heterocycles. The van der Waals surface area contributed by atoms with Crippen LogP contribution in [0.25, 0.3) is 22.2 Å². The lowest BCUT2D eigenvalue weighted by molar-refractivity contribution is -0.132. The zero-order valence-corrected chi connectivity index (χ0v) is 26.8. The van der Waals surface area contributed by atoms with E-state index in [0.717, 1.165) is 65.9 Å². The molecule has 242 valence electrons. The highest BCUT2D eigenvalue weighted by Crippen LogP contribution is 2.30. The number of morpholine rings is 1. The summed E-state index contributed by atoms with van der Waals surface area (Å²) in [6.07, 6.45) is 3.83. The van der Waals surface area contributed by atoms with E-state index < -0.39 is 0 Å².